The zero-order chi connectivity index (χ0) is 14.9. The van der Waals surface area contributed by atoms with Crippen LogP contribution in [0.4, 0.5) is 11.6 Å². The van der Waals surface area contributed by atoms with Gasteiger partial charge in [-0.15, -0.1) is 0 Å². The van der Waals surface area contributed by atoms with Gasteiger partial charge in [-0.2, -0.15) is 0 Å². The molecule has 3 rings (SSSR count). The van der Waals surface area contributed by atoms with Crippen molar-refractivity contribution in [3.8, 4) is 0 Å². The minimum Gasteiger partial charge on any atom is -0.356 e. The Morgan fingerprint density at radius 3 is 2.33 bits per heavy atom. The first kappa shape index (κ1) is 14.6. The second kappa shape index (κ2) is 5.79. The first-order valence-corrected chi connectivity index (χ1v) is 9.31. The van der Waals surface area contributed by atoms with Gasteiger partial charge in [-0.3, -0.25) is 0 Å². The Hall–Kier alpha value is -1.37. The summed E-state index contributed by atoms with van der Waals surface area (Å²) in [5.41, 5.74) is 0. The highest BCUT2D eigenvalue weighted by molar-refractivity contribution is 7.92. The Morgan fingerprint density at radius 2 is 1.67 bits per heavy atom. The fraction of sp³-hybridized carbons (Fsp3) is 0.714. The number of nitrogens with zero attached hydrogens (tertiary/aromatic N) is 4. The summed E-state index contributed by atoms with van der Waals surface area (Å²) in [6.07, 6.45) is 4.66. The van der Waals surface area contributed by atoms with Gasteiger partial charge in [-0.25, -0.2) is 18.4 Å². The SMILES string of the molecule is CC1CCN(c2cc(N3CCCC3)ncn2)CCS1(=O)=O. The second-order valence-electron chi connectivity index (χ2n) is 5.88. The molecule has 2 fully saturated rings. The quantitative estimate of drug-likeness (QED) is 0.814. The molecule has 3 heterocycles. The molecule has 1 atom stereocenters. The van der Waals surface area contributed by atoms with Crippen molar-refractivity contribution in [2.75, 3.05) is 41.7 Å². The van der Waals surface area contributed by atoms with Crippen LogP contribution in [0, 0.1) is 0 Å². The average molecular weight is 310 g/mol. The van der Waals surface area contributed by atoms with Crippen LogP contribution in [-0.4, -0.2) is 55.6 Å². The summed E-state index contributed by atoms with van der Waals surface area (Å²) in [6.45, 7) is 5.14. The summed E-state index contributed by atoms with van der Waals surface area (Å²) < 4.78 is 24.0. The summed E-state index contributed by atoms with van der Waals surface area (Å²) >= 11 is 0. The molecular weight excluding hydrogens is 288 g/mol. The molecule has 0 aliphatic carbocycles. The maximum absolute atomic E-state index is 12.0. The van der Waals surface area contributed by atoms with Gasteiger partial charge in [0, 0.05) is 32.2 Å². The fourth-order valence-corrected chi connectivity index (χ4v) is 4.27. The molecule has 2 aliphatic heterocycles. The molecule has 0 radical (unpaired) electrons. The molecule has 6 nitrogen and oxygen atoms in total. The Kier molecular flexibility index (Phi) is 4.01. The van der Waals surface area contributed by atoms with Gasteiger partial charge in [-0.05, 0) is 26.2 Å². The zero-order valence-corrected chi connectivity index (χ0v) is 13.2. The van der Waals surface area contributed by atoms with Crippen LogP contribution in [0.15, 0.2) is 12.4 Å². The number of hydrogen-bond acceptors (Lipinski definition) is 6. The van der Waals surface area contributed by atoms with Gasteiger partial charge in [0.05, 0.1) is 11.0 Å². The van der Waals surface area contributed by atoms with Crippen molar-refractivity contribution in [1.29, 1.82) is 0 Å². The second-order valence-corrected chi connectivity index (χ2v) is 8.42. The predicted molar refractivity (Wildman–Crippen MR) is 83.6 cm³/mol. The molecule has 2 aliphatic rings. The van der Waals surface area contributed by atoms with Crippen molar-refractivity contribution in [3.63, 3.8) is 0 Å². The van der Waals surface area contributed by atoms with Gasteiger partial charge >= 0.3 is 0 Å². The number of rotatable bonds is 2. The number of aromatic nitrogens is 2. The molecule has 0 saturated carbocycles. The van der Waals surface area contributed by atoms with Crippen LogP contribution in [0.25, 0.3) is 0 Å². The van der Waals surface area contributed by atoms with E-state index < -0.39 is 9.84 Å². The highest BCUT2D eigenvalue weighted by Gasteiger charge is 2.27. The molecule has 21 heavy (non-hydrogen) atoms. The Labute approximate surface area is 126 Å². The zero-order valence-electron chi connectivity index (χ0n) is 12.4. The maximum Gasteiger partial charge on any atom is 0.154 e. The summed E-state index contributed by atoms with van der Waals surface area (Å²) in [4.78, 5) is 13.0. The number of hydrogen-bond donors (Lipinski definition) is 0. The summed E-state index contributed by atoms with van der Waals surface area (Å²) in [7, 11) is -2.96. The van der Waals surface area contributed by atoms with E-state index in [2.05, 4.69) is 19.8 Å². The van der Waals surface area contributed by atoms with Gasteiger partial charge in [0.2, 0.25) is 0 Å². The van der Waals surface area contributed by atoms with Gasteiger partial charge in [-0.1, -0.05) is 0 Å². The normalized spacial score (nSPS) is 25.9. The Balaban J connectivity index is 1.79. The molecule has 116 valence electrons. The fourth-order valence-electron chi connectivity index (χ4n) is 2.93. The predicted octanol–water partition coefficient (Wildman–Crippen LogP) is 1.09. The van der Waals surface area contributed by atoms with Gasteiger partial charge in [0.25, 0.3) is 0 Å². The molecule has 0 bridgehead atoms. The average Bonchev–Trinajstić information content (AvgIpc) is 2.97. The first-order chi connectivity index (χ1) is 10.1. The van der Waals surface area contributed by atoms with Crippen LogP contribution in [0.5, 0.6) is 0 Å². The highest BCUT2D eigenvalue weighted by Crippen LogP contribution is 2.23. The lowest BCUT2D eigenvalue weighted by Gasteiger charge is -2.23. The van der Waals surface area contributed by atoms with Crippen LogP contribution in [-0.2, 0) is 9.84 Å². The lowest BCUT2D eigenvalue weighted by atomic mass is 10.3. The van der Waals surface area contributed by atoms with Gasteiger partial charge in [0.15, 0.2) is 9.84 Å². The largest absolute Gasteiger partial charge is 0.356 e. The minimum atomic E-state index is -2.96. The molecule has 0 N–H and O–H groups in total. The van der Waals surface area contributed by atoms with Gasteiger partial charge < -0.3 is 9.80 Å². The highest BCUT2D eigenvalue weighted by atomic mass is 32.2. The lowest BCUT2D eigenvalue weighted by Crippen LogP contribution is -2.28. The molecule has 7 heteroatoms. The van der Waals surface area contributed by atoms with E-state index in [4.69, 9.17) is 0 Å². The Bertz CT molecular complexity index is 599. The van der Waals surface area contributed by atoms with Crippen molar-refractivity contribution in [3.05, 3.63) is 12.4 Å². The molecule has 1 aromatic rings. The van der Waals surface area contributed by atoms with Crippen molar-refractivity contribution in [2.24, 2.45) is 0 Å². The van der Waals surface area contributed by atoms with Crippen molar-refractivity contribution in [2.45, 2.75) is 31.4 Å². The smallest absolute Gasteiger partial charge is 0.154 e. The number of anilines is 2. The third-order valence-electron chi connectivity index (χ3n) is 4.46. The minimum absolute atomic E-state index is 0.206. The molecule has 0 aromatic carbocycles. The molecule has 0 amide bonds. The first-order valence-electron chi connectivity index (χ1n) is 7.60. The van der Waals surface area contributed by atoms with Crippen molar-refractivity contribution < 1.29 is 8.42 Å². The topological polar surface area (TPSA) is 66.4 Å². The lowest BCUT2D eigenvalue weighted by molar-refractivity contribution is 0.584. The Morgan fingerprint density at radius 1 is 1.05 bits per heavy atom. The van der Waals surface area contributed by atoms with E-state index in [1.54, 1.807) is 13.3 Å². The molecule has 1 unspecified atom stereocenters. The van der Waals surface area contributed by atoms with Crippen LogP contribution in [0.3, 0.4) is 0 Å². The third-order valence-corrected chi connectivity index (χ3v) is 6.67. The molecule has 1 aromatic heterocycles. The van der Waals surface area contributed by atoms with E-state index in [0.717, 1.165) is 31.3 Å². The van der Waals surface area contributed by atoms with E-state index in [1.165, 1.54) is 12.8 Å². The van der Waals surface area contributed by atoms with Crippen molar-refractivity contribution in [1.82, 2.24) is 9.97 Å². The molecule has 0 spiro atoms. The van der Waals surface area contributed by atoms with Crippen molar-refractivity contribution >= 4 is 21.5 Å². The summed E-state index contributed by atoms with van der Waals surface area (Å²) in [6, 6.07) is 1.99. The van der Waals surface area contributed by atoms with Crippen LogP contribution in [0.1, 0.15) is 26.2 Å². The van der Waals surface area contributed by atoms with E-state index in [9.17, 15) is 8.42 Å². The monoisotopic (exact) mass is 310 g/mol. The van der Waals surface area contributed by atoms with Crippen LogP contribution < -0.4 is 9.80 Å². The summed E-state index contributed by atoms with van der Waals surface area (Å²) in [5.74, 6) is 2.01. The maximum atomic E-state index is 12.0. The van der Waals surface area contributed by atoms with E-state index in [1.807, 2.05) is 6.07 Å². The van der Waals surface area contributed by atoms with E-state index in [-0.39, 0.29) is 11.0 Å². The van der Waals surface area contributed by atoms with Crippen LogP contribution in [0.2, 0.25) is 0 Å². The van der Waals surface area contributed by atoms with E-state index >= 15 is 0 Å². The summed E-state index contributed by atoms with van der Waals surface area (Å²) in [5, 5.41) is -0.262. The molecular formula is C14H22N4O2S. The third kappa shape index (κ3) is 3.12. The van der Waals surface area contributed by atoms with Gasteiger partial charge in [0.1, 0.15) is 18.0 Å². The molecule has 2 saturated heterocycles. The van der Waals surface area contributed by atoms with E-state index in [0.29, 0.717) is 13.0 Å². The standard InChI is InChI=1S/C14H22N4O2S/c1-12-4-7-18(8-9-21(12,19)20)14-10-13(15-11-16-14)17-5-2-3-6-17/h10-12H,2-9H2,1H3. The van der Waals surface area contributed by atoms with Crippen LogP contribution >= 0.6 is 0 Å². The number of sulfone groups is 1.